The van der Waals surface area contributed by atoms with Gasteiger partial charge < -0.3 is 10.0 Å². The average Bonchev–Trinajstić information content (AvgIpc) is 2.97. The molecule has 2 aliphatic heterocycles. The number of hydrogen-bond acceptors (Lipinski definition) is 2. The predicted octanol–water partition coefficient (Wildman–Crippen LogP) is 2.21. The molecule has 2 amide bonds. The Morgan fingerprint density at radius 2 is 1.90 bits per heavy atom. The van der Waals surface area contributed by atoms with Gasteiger partial charge in [-0.15, -0.1) is 0 Å². The molecule has 1 unspecified atom stereocenters. The van der Waals surface area contributed by atoms with E-state index in [1.165, 1.54) is 5.56 Å². The lowest BCUT2D eigenvalue weighted by molar-refractivity contribution is -0.142. The summed E-state index contributed by atoms with van der Waals surface area (Å²) in [4.78, 5) is 27.5. The number of rotatable bonds is 1. The molecular formula is C16H20N2O3. The van der Waals surface area contributed by atoms with Crippen molar-refractivity contribution >= 4 is 17.7 Å². The van der Waals surface area contributed by atoms with Crippen LogP contribution in [-0.2, 0) is 11.2 Å². The first kappa shape index (κ1) is 13.9. The normalized spacial score (nSPS) is 27.8. The van der Waals surface area contributed by atoms with E-state index in [2.05, 4.69) is 0 Å². The highest BCUT2D eigenvalue weighted by Crippen LogP contribution is 2.34. The lowest BCUT2D eigenvalue weighted by atomic mass is 9.99. The van der Waals surface area contributed by atoms with Gasteiger partial charge in [0.25, 0.3) is 0 Å². The zero-order chi connectivity index (χ0) is 15.1. The molecule has 0 spiro atoms. The summed E-state index contributed by atoms with van der Waals surface area (Å²) in [7, 11) is 0. The highest BCUT2D eigenvalue weighted by Gasteiger charge is 2.41. The second-order valence-electron chi connectivity index (χ2n) is 6.16. The minimum Gasteiger partial charge on any atom is -0.481 e. The minimum atomic E-state index is -0.812. The Balaban J connectivity index is 1.82. The van der Waals surface area contributed by atoms with Crippen molar-refractivity contribution < 1.29 is 14.7 Å². The molecule has 0 bridgehead atoms. The van der Waals surface area contributed by atoms with Crippen LogP contribution in [0.1, 0.15) is 19.4 Å². The number of amides is 2. The summed E-state index contributed by atoms with van der Waals surface area (Å²) in [6.07, 6.45) is 0.855. The van der Waals surface area contributed by atoms with E-state index in [4.69, 9.17) is 0 Å². The number of carboxylic acid groups (broad SMARTS) is 1. The van der Waals surface area contributed by atoms with E-state index < -0.39 is 11.9 Å². The number of para-hydroxylation sites is 1. The molecule has 1 aromatic carbocycles. The molecule has 21 heavy (non-hydrogen) atoms. The van der Waals surface area contributed by atoms with Crippen LogP contribution in [0.2, 0.25) is 0 Å². The molecule has 1 saturated heterocycles. The topological polar surface area (TPSA) is 60.9 Å². The number of carbonyl (C=O) groups is 2. The van der Waals surface area contributed by atoms with Crippen LogP contribution in [0, 0.1) is 11.8 Å². The first-order valence-electron chi connectivity index (χ1n) is 7.38. The van der Waals surface area contributed by atoms with Crippen molar-refractivity contribution in [2.75, 3.05) is 18.0 Å². The summed E-state index contributed by atoms with van der Waals surface area (Å²) in [5.41, 5.74) is 2.14. The van der Waals surface area contributed by atoms with Crippen LogP contribution in [0.3, 0.4) is 0 Å². The molecule has 2 heterocycles. The Morgan fingerprint density at radius 3 is 2.57 bits per heavy atom. The molecule has 112 valence electrons. The zero-order valence-electron chi connectivity index (χ0n) is 12.3. The third kappa shape index (κ3) is 2.26. The van der Waals surface area contributed by atoms with Crippen LogP contribution >= 0.6 is 0 Å². The molecule has 5 nitrogen and oxygen atoms in total. The smallest absolute Gasteiger partial charge is 0.324 e. The summed E-state index contributed by atoms with van der Waals surface area (Å²) < 4.78 is 0. The maximum atomic E-state index is 12.8. The van der Waals surface area contributed by atoms with Crippen LogP contribution in [0.5, 0.6) is 0 Å². The first-order chi connectivity index (χ1) is 9.99. The Morgan fingerprint density at radius 1 is 1.19 bits per heavy atom. The maximum Gasteiger partial charge on any atom is 0.324 e. The molecule has 5 heteroatoms. The first-order valence-corrected chi connectivity index (χ1v) is 7.38. The second kappa shape index (κ2) is 5.06. The SMILES string of the molecule is CC1Cc2ccccc2N1C(=O)N1C[C@@H](C)[C@H](C(=O)O)C1. The second-order valence-corrected chi connectivity index (χ2v) is 6.16. The summed E-state index contributed by atoms with van der Waals surface area (Å²) in [6.45, 7) is 4.75. The van der Waals surface area contributed by atoms with Crippen molar-refractivity contribution in [2.45, 2.75) is 26.3 Å². The van der Waals surface area contributed by atoms with E-state index in [9.17, 15) is 14.7 Å². The van der Waals surface area contributed by atoms with Crippen molar-refractivity contribution in [1.82, 2.24) is 4.90 Å². The zero-order valence-corrected chi connectivity index (χ0v) is 12.3. The average molecular weight is 288 g/mol. The van der Waals surface area contributed by atoms with Crippen molar-refractivity contribution in [3.63, 3.8) is 0 Å². The highest BCUT2D eigenvalue weighted by molar-refractivity contribution is 5.95. The number of likely N-dealkylation sites (tertiary alicyclic amines) is 1. The Hall–Kier alpha value is -2.04. The van der Waals surface area contributed by atoms with Crippen LogP contribution in [0.4, 0.5) is 10.5 Å². The Kier molecular flexibility index (Phi) is 3.35. The van der Waals surface area contributed by atoms with E-state index in [-0.39, 0.29) is 18.0 Å². The quantitative estimate of drug-likeness (QED) is 0.862. The van der Waals surface area contributed by atoms with Gasteiger partial charge in [-0.1, -0.05) is 25.1 Å². The number of carboxylic acids is 1. The fourth-order valence-electron chi connectivity index (χ4n) is 3.45. The molecular weight excluding hydrogens is 268 g/mol. The van der Waals surface area contributed by atoms with Gasteiger partial charge in [0, 0.05) is 24.8 Å². The van der Waals surface area contributed by atoms with Gasteiger partial charge in [-0.3, -0.25) is 9.69 Å². The number of urea groups is 1. The third-order valence-electron chi connectivity index (χ3n) is 4.61. The molecule has 3 atom stereocenters. The summed E-state index contributed by atoms with van der Waals surface area (Å²) >= 11 is 0. The molecule has 0 saturated carbocycles. The number of nitrogens with zero attached hydrogens (tertiary/aromatic N) is 2. The molecule has 0 aromatic heterocycles. The van der Waals surface area contributed by atoms with Crippen molar-refractivity contribution in [1.29, 1.82) is 0 Å². The number of carbonyl (C=O) groups excluding carboxylic acids is 1. The standard InChI is InChI=1S/C16H20N2O3/c1-10-8-17(9-13(10)15(19)20)16(21)18-11(2)7-12-5-3-4-6-14(12)18/h3-6,10-11,13H,7-9H2,1-2H3,(H,19,20)/t10-,11?,13-/m1/s1. The molecule has 0 aliphatic carbocycles. The summed E-state index contributed by atoms with van der Waals surface area (Å²) in [5, 5.41) is 9.21. The minimum absolute atomic E-state index is 0.000368. The van der Waals surface area contributed by atoms with Gasteiger partial charge in [0.05, 0.1) is 5.92 Å². The van der Waals surface area contributed by atoms with E-state index >= 15 is 0 Å². The van der Waals surface area contributed by atoms with Crippen LogP contribution in [0.15, 0.2) is 24.3 Å². The van der Waals surface area contributed by atoms with Crippen LogP contribution < -0.4 is 4.90 Å². The van der Waals surface area contributed by atoms with E-state index in [0.29, 0.717) is 13.1 Å². The Bertz CT molecular complexity index is 587. The van der Waals surface area contributed by atoms with Crippen LogP contribution in [0.25, 0.3) is 0 Å². The molecule has 1 fully saturated rings. The van der Waals surface area contributed by atoms with Gasteiger partial charge in [0.1, 0.15) is 0 Å². The number of hydrogen-bond donors (Lipinski definition) is 1. The highest BCUT2D eigenvalue weighted by atomic mass is 16.4. The molecule has 2 aliphatic rings. The fourth-order valence-corrected chi connectivity index (χ4v) is 3.45. The van der Waals surface area contributed by atoms with Crippen molar-refractivity contribution in [3.8, 4) is 0 Å². The largest absolute Gasteiger partial charge is 0.481 e. The van der Waals surface area contributed by atoms with Crippen LogP contribution in [-0.4, -0.2) is 41.1 Å². The lowest BCUT2D eigenvalue weighted by Gasteiger charge is -2.28. The number of anilines is 1. The number of benzene rings is 1. The summed E-state index contributed by atoms with van der Waals surface area (Å²) in [6, 6.07) is 7.98. The summed E-state index contributed by atoms with van der Waals surface area (Å²) in [5.74, 6) is -1.27. The van der Waals surface area contributed by atoms with Gasteiger partial charge in [-0.25, -0.2) is 4.79 Å². The van der Waals surface area contributed by atoms with E-state index in [1.54, 1.807) is 4.90 Å². The monoisotopic (exact) mass is 288 g/mol. The maximum absolute atomic E-state index is 12.8. The van der Waals surface area contributed by atoms with Crippen molar-refractivity contribution in [3.05, 3.63) is 29.8 Å². The van der Waals surface area contributed by atoms with Crippen molar-refractivity contribution in [2.24, 2.45) is 11.8 Å². The predicted molar refractivity (Wildman–Crippen MR) is 79.3 cm³/mol. The van der Waals surface area contributed by atoms with E-state index in [0.717, 1.165) is 12.1 Å². The lowest BCUT2D eigenvalue weighted by Crippen LogP contribution is -2.45. The fraction of sp³-hybridized carbons (Fsp3) is 0.500. The van der Waals surface area contributed by atoms with Gasteiger partial charge >= 0.3 is 12.0 Å². The number of fused-ring (bicyclic) bond motifs is 1. The van der Waals surface area contributed by atoms with E-state index in [1.807, 2.05) is 43.0 Å². The third-order valence-corrected chi connectivity index (χ3v) is 4.61. The Labute approximate surface area is 124 Å². The van der Waals surface area contributed by atoms with Gasteiger partial charge in [-0.05, 0) is 30.9 Å². The van der Waals surface area contributed by atoms with Gasteiger partial charge in [-0.2, -0.15) is 0 Å². The number of aliphatic carboxylic acids is 1. The van der Waals surface area contributed by atoms with Gasteiger partial charge in [0.2, 0.25) is 0 Å². The molecule has 1 N–H and O–H groups in total. The van der Waals surface area contributed by atoms with Gasteiger partial charge in [0.15, 0.2) is 0 Å². The molecule has 1 aromatic rings. The molecule has 3 rings (SSSR count). The molecule has 0 radical (unpaired) electrons.